The van der Waals surface area contributed by atoms with Crippen molar-refractivity contribution in [3.63, 3.8) is 0 Å². The molecule has 1 aromatic rings. The lowest BCUT2D eigenvalue weighted by Gasteiger charge is -2.38. The predicted octanol–water partition coefficient (Wildman–Crippen LogP) is 1.95. The molecule has 0 saturated heterocycles. The number of rotatable bonds is 0. The Hall–Kier alpha value is -1.93. The number of carbonyl (C=O) groups excluding carboxylic acids is 1. The normalized spacial score (nSPS) is 28.1. The summed E-state index contributed by atoms with van der Waals surface area (Å²) in [6.07, 6.45) is 4.02. The number of fused-ring (bicyclic) bond motifs is 2. The second-order valence-electron chi connectivity index (χ2n) is 5.85. The molecule has 0 radical (unpaired) electrons. The van der Waals surface area contributed by atoms with E-state index in [0.717, 1.165) is 11.3 Å². The van der Waals surface area contributed by atoms with Crippen LogP contribution in [0.2, 0.25) is 0 Å². The van der Waals surface area contributed by atoms with Crippen LogP contribution >= 0.6 is 0 Å². The van der Waals surface area contributed by atoms with E-state index < -0.39 is 11.0 Å². The van der Waals surface area contributed by atoms with Crippen LogP contribution in [0, 0.1) is 12.0 Å². The van der Waals surface area contributed by atoms with E-state index in [1.54, 1.807) is 17.0 Å². The molecule has 0 amide bonds. The molecule has 5 nitrogen and oxygen atoms in total. The highest BCUT2D eigenvalue weighted by Gasteiger charge is 2.51. The Balaban J connectivity index is 2.22. The molecule has 1 atom stereocenters. The van der Waals surface area contributed by atoms with Gasteiger partial charge in [-0.2, -0.15) is 5.10 Å². The maximum absolute atomic E-state index is 12.2. The molecule has 1 aliphatic heterocycles. The lowest BCUT2D eigenvalue weighted by Crippen LogP contribution is -2.41. The Morgan fingerprint density at radius 1 is 1.53 bits per heavy atom. The van der Waals surface area contributed by atoms with Gasteiger partial charge in [-0.1, -0.05) is 13.8 Å². The van der Waals surface area contributed by atoms with Crippen LogP contribution < -0.4 is 0 Å². The molecule has 98 valence electrons. The lowest BCUT2D eigenvalue weighted by atomic mass is 9.70. The molecule has 0 N–H and O–H groups in total. The summed E-state index contributed by atoms with van der Waals surface area (Å²) in [5.74, 6) is -0.104. The molecule has 1 spiro atoms. The van der Waals surface area contributed by atoms with Crippen molar-refractivity contribution in [2.24, 2.45) is 12.5 Å². The fourth-order valence-corrected chi connectivity index (χ4v) is 3.16. The first-order valence-corrected chi connectivity index (χ1v) is 6.20. The van der Waals surface area contributed by atoms with Crippen LogP contribution in [0.15, 0.2) is 18.0 Å². The van der Waals surface area contributed by atoms with Crippen molar-refractivity contribution in [1.82, 2.24) is 9.78 Å². The van der Waals surface area contributed by atoms with Gasteiger partial charge in [0, 0.05) is 18.0 Å². The fourth-order valence-electron chi connectivity index (χ4n) is 3.16. The summed E-state index contributed by atoms with van der Waals surface area (Å²) in [4.78, 5) is 15.6. The Kier molecular flexibility index (Phi) is 2.26. The Morgan fingerprint density at radius 3 is 2.95 bits per heavy atom. The molecule has 5 heteroatoms. The van der Waals surface area contributed by atoms with Crippen molar-refractivity contribution in [3.05, 3.63) is 40.6 Å². The Labute approximate surface area is 111 Å². The minimum atomic E-state index is -0.683. The molecule has 2 aliphatic rings. The standard InChI is InChI=1S/C14H15N3O2/c1-13(2)8-14(5-10(15-3)12(13)18)11-9(7-19-14)6-16-17(11)4/h5-6H,7-8H2,1-2,4H3. The van der Waals surface area contributed by atoms with Crippen LogP contribution in [0.3, 0.4) is 0 Å². The summed E-state index contributed by atoms with van der Waals surface area (Å²) in [5, 5.41) is 4.25. The number of ether oxygens (including phenoxy) is 1. The quantitative estimate of drug-likeness (QED) is 0.667. The minimum Gasteiger partial charge on any atom is -0.361 e. The number of allylic oxidation sites excluding steroid dienone is 1. The van der Waals surface area contributed by atoms with Gasteiger partial charge in [-0.25, -0.2) is 4.85 Å². The van der Waals surface area contributed by atoms with Crippen LogP contribution in [0.1, 0.15) is 31.5 Å². The van der Waals surface area contributed by atoms with Gasteiger partial charge in [-0.3, -0.25) is 4.68 Å². The number of nitrogens with zero attached hydrogens (tertiary/aromatic N) is 3. The SMILES string of the molecule is [C-]#[N+]C1=CC2(CC(C)(C)C1=O)OCc1cnn(C)c12. The van der Waals surface area contributed by atoms with E-state index in [9.17, 15) is 4.79 Å². The molecule has 19 heavy (non-hydrogen) atoms. The van der Waals surface area contributed by atoms with Gasteiger partial charge in [-0.05, 0) is 12.5 Å². The summed E-state index contributed by atoms with van der Waals surface area (Å²) in [6.45, 7) is 11.4. The number of carbonyl (C=O) groups is 1. The molecule has 0 saturated carbocycles. The van der Waals surface area contributed by atoms with Gasteiger partial charge in [0.05, 0.1) is 25.1 Å². The summed E-state index contributed by atoms with van der Waals surface area (Å²) in [7, 11) is 1.87. The zero-order chi connectivity index (χ0) is 13.8. The fraction of sp³-hybridized carbons (Fsp3) is 0.500. The third kappa shape index (κ3) is 1.50. The van der Waals surface area contributed by atoms with Crippen LogP contribution in [0.5, 0.6) is 0 Å². The van der Waals surface area contributed by atoms with Crippen LogP contribution in [0.4, 0.5) is 0 Å². The topological polar surface area (TPSA) is 48.5 Å². The highest BCUT2D eigenvalue weighted by atomic mass is 16.5. The first-order chi connectivity index (χ1) is 8.89. The van der Waals surface area contributed by atoms with Gasteiger partial charge in [0.1, 0.15) is 5.60 Å². The summed E-state index contributed by atoms with van der Waals surface area (Å²) in [6, 6.07) is 0. The molecule has 1 unspecified atom stereocenters. The van der Waals surface area contributed by atoms with Crippen molar-refractivity contribution >= 4 is 5.78 Å². The van der Waals surface area contributed by atoms with Gasteiger partial charge in [0.25, 0.3) is 0 Å². The average Bonchev–Trinajstić information content (AvgIpc) is 2.87. The van der Waals surface area contributed by atoms with Crippen molar-refractivity contribution in [2.45, 2.75) is 32.5 Å². The zero-order valence-corrected chi connectivity index (χ0v) is 11.2. The van der Waals surface area contributed by atoms with Crippen LogP contribution in [-0.2, 0) is 28.8 Å². The Morgan fingerprint density at radius 2 is 2.26 bits per heavy atom. The van der Waals surface area contributed by atoms with Crippen LogP contribution in [-0.4, -0.2) is 15.6 Å². The highest BCUT2D eigenvalue weighted by molar-refractivity contribution is 6.02. The monoisotopic (exact) mass is 257 g/mol. The predicted molar refractivity (Wildman–Crippen MR) is 67.8 cm³/mol. The highest BCUT2D eigenvalue weighted by Crippen LogP contribution is 2.49. The number of hydrogen-bond donors (Lipinski definition) is 0. The van der Waals surface area contributed by atoms with Crippen molar-refractivity contribution in [1.29, 1.82) is 0 Å². The number of Topliss-reactive ketones (excluding diaryl/α,β-unsaturated/α-hetero) is 1. The summed E-state index contributed by atoms with van der Waals surface area (Å²) >= 11 is 0. The maximum atomic E-state index is 12.2. The van der Waals surface area contributed by atoms with Crippen molar-refractivity contribution < 1.29 is 9.53 Å². The smallest absolute Gasteiger partial charge is 0.229 e. The Bertz CT molecular complexity index is 648. The van der Waals surface area contributed by atoms with Gasteiger partial charge >= 0.3 is 0 Å². The van der Waals surface area contributed by atoms with E-state index in [-0.39, 0.29) is 11.5 Å². The van der Waals surface area contributed by atoms with E-state index >= 15 is 0 Å². The van der Waals surface area contributed by atoms with E-state index in [1.807, 2.05) is 20.9 Å². The summed E-state index contributed by atoms with van der Waals surface area (Å²) < 4.78 is 7.74. The maximum Gasteiger partial charge on any atom is 0.229 e. The van der Waals surface area contributed by atoms with Gasteiger partial charge in [0.15, 0.2) is 5.78 Å². The largest absolute Gasteiger partial charge is 0.361 e. The molecule has 0 bridgehead atoms. The van der Waals surface area contributed by atoms with E-state index in [4.69, 9.17) is 11.3 Å². The summed E-state index contributed by atoms with van der Waals surface area (Å²) in [5.41, 5.74) is 0.894. The van der Waals surface area contributed by atoms with E-state index in [0.29, 0.717) is 13.0 Å². The second kappa shape index (κ2) is 3.55. The number of aromatic nitrogens is 2. The third-order valence-corrected chi connectivity index (χ3v) is 3.94. The minimum absolute atomic E-state index is 0.104. The van der Waals surface area contributed by atoms with E-state index in [2.05, 4.69) is 9.94 Å². The third-order valence-electron chi connectivity index (χ3n) is 3.94. The number of hydrogen-bond acceptors (Lipinski definition) is 3. The molecule has 2 heterocycles. The van der Waals surface area contributed by atoms with Gasteiger partial charge in [-0.15, -0.1) is 0 Å². The lowest BCUT2D eigenvalue weighted by molar-refractivity contribution is -0.129. The van der Waals surface area contributed by atoms with E-state index in [1.165, 1.54) is 0 Å². The average molecular weight is 257 g/mol. The molecule has 0 fully saturated rings. The molecule has 0 aromatic carbocycles. The van der Waals surface area contributed by atoms with Gasteiger partial charge in [0.2, 0.25) is 5.70 Å². The number of aryl methyl sites for hydroxylation is 1. The first kappa shape index (κ1) is 12.1. The van der Waals surface area contributed by atoms with Gasteiger partial charge < -0.3 is 9.53 Å². The molecule has 3 rings (SSSR count). The zero-order valence-electron chi connectivity index (χ0n) is 11.2. The first-order valence-electron chi connectivity index (χ1n) is 6.20. The van der Waals surface area contributed by atoms with Crippen molar-refractivity contribution in [3.8, 4) is 0 Å². The number of ketones is 1. The van der Waals surface area contributed by atoms with Crippen molar-refractivity contribution in [2.75, 3.05) is 0 Å². The van der Waals surface area contributed by atoms with Crippen LogP contribution in [0.25, 0.3) is 4.85 Å². The molecule has 1 aromatic heterocycles. The molecular weight excluding hydrogens is 242 g/mol. The second-order valence-corrected chi connectivity index (χ2v) is 5.85. The molecular formula is C14H15N3O2. The molecule has 1 aliphatic carbocycles.